The molecular weight excluding hydrogens is 414 g/mol. The molecule has 2 aliphatic heterocycles. The van der Waals surface area contributed by atoms with Gasteiger partial charge in [-0.1, -0.05) is 25.1 Å². The van der Waals surface area contributed by atoms with E-state index in [9.17, 15) is 5.11 Å². The molecule has 0 radical (unpaired) electrons. The lowest BCUT2D eigenvalue weighted by Crippen LogP contribution is -2.82. The second kappa shape index (κ2) is 7.30. The fourth-order valence-electron chi connectivity index (χ4n) is 6.85. The van der Waals surface area contributed by atoms with Gasteiger partial charge >= 0.3 is 8.80 Å². The molecule has 31 heavy (non-hydrogen) atoms. The molecule has 1 aromatic carbocycles. The van der Waals surface area contributed by atoms with Gasteiger partial charge in [0, 0.05) is 38.9 Å². The first-order chi connectivity index (χ1) is 15.0. The van der Waals surface area contributed by atoms with Crippen molar-refractivity contribution in [3.63, 3.8) is 0 Å². The third-order valence-corrected chi connectivity index (χ3v) is 11.4. The van der Waals surface area contributed by atoms with Gasteiger partial charge in [0.05, 0.1) is 12.0 Å². The Kier molecular flexibility index (Phi) is 5.04. The van der Waals surface area contributed by atoms with E-state index in [4.69, 9.17) is 22.8 Å². The molecule has 0 unspecified atom stereocenters. The number of aliphatic hydroxyl groups excluding tert-OH is 1. The molecule has 2 heterocycles. The standard InChI is InChI=1S/C23H33NO6Si/c1-6-13-29-18-9-7-15-14-17-16-8-10-19(25)23(31(26-3,27-4)28-5)22(16,11-12-24(17)2)20(15)21(18)30-23/h7-10,16-17,19,25H,6,11-14H2,1-5H3/t16-,17+,19-,22-,23+/m0/s1. The van der Waals surface area contributed by atoms with Gasteiger partial charge < -0.3 is 32.8 Å². The molecule has 5 atom stereocenters. The number of aliphatic hydroxyl groups is 1. The Morgan fingerprint density at radius 1 is 1.19 bits per heavy atom. The van der Waals surface area contributed by atoms with Crippen LogP contribution in [0.15, 0.2) is 24.3 Å². The lowest BCUT2D eigenvalue weighted by molar-refractivity contribution is -0.118. The summed E-state index contributed by atoms with van der Waals surface area (Å²) in [4.78, 5) is 2.43. The average Bonchev–Trinajstić information content (AvgIpc) is 3.11. The Morgan fingerprint density at radius 3 is 2.61 bits per heavy atom. The fourth-order valence-corrected chi connectivity index (χ4v) is 9.91. The zero-order chi connectivity index (χ0) is 22.0. The summed E-state index contributed by atoms with van der Waals surface area (Å²) in [6.45, 7) is 3.59. The highest BCUT2D eigenvalue weighted by Crippen LogP contribution is 2.68. The predicted octanol–water partition coefficient (Wildman–Crippen LogP) is 2.07. The molecule has 5 rings (SSSR count). The number of benzene rings is 1. The van der Waals surface area contributed by atoms with E-state index < -0.39 is 25.5 Å². The first-order valence-electron chi connectivity index (χ1n) is 11.2. The highest BCUT2D eigenvalue weighted by molar-refractivity contribution is 6.65. The molecule has 1 saturated heterocycles. The molecule has 1 N–H and O–H groups in total. The van der Waals surface area contributed by atoms with Crippen LogP contribution in [0.4, 0.5) is 0 Å². The van der Waals surface area contributed by atoms with Crippen LogP contribution in [0.25, 0.3) is 0 Å². The molecule has 2 aliphatic carbocycles. The van der Waals surface area contributed by atoms with Gasteiger partial charge in [0.1, 0.15) is 6.10 Å². The molecule has 4 aliphatic rings. The minimum absolute atomic E-state index is 0.150. The van der Waals surface area contributed by atoms with E-state index in [0.29, 0.717) is 12.6 Å². The van der Waals surface area contributed by atoms with Gasteiger partial charge in [-0.05, 0) is 44.5 Å². The molecule has 2 bridgehead atoms. The normalized spacial score (nSPS) is 35.6. The summed E-state index contributed by atoms with van der Waals surface area (Å²) < 4.78 is 31.2. The van der Waals surface area contributed by atoms with Crippen LogP contribution < -0.4 is 9.47 Å². The summed E-state index contributed by atoms with van der Waals surface area (Å²) in [5, 5.41) is 10.5. The lowest BCUT2D eigenvalue weighted by atomic mass is 9.53. The van der Waals surface area contributed by atoms with Crippen LogP contribution in [0.5, 0.6) is 11.5 Å². The summed E-state index contributed by atoms with van der Waals surface area (Å²) in [6, 6.07) is 4.49. The smallest absolute Gasteiger partial charge is 0.490 e. The van der Waals surface area contributed by atoms with Gasteiger partial charge in [-0.2, -0.15) is 0 Å². The van der Waals surface area contributed by atoms with Gasteiger partial charge in [0.25, 0.3) is 0 Å². The van der Waals surface area contributed by atoms with E-state index in [1.807, 2.05) is 12.1 Å². The van der Waals surface area contributed by atoms with Crippen LogP contribution in [0.1, 0.15) is 30.9 Å². The number of likely N-dealkylation sites (N-methyl/N-ethyl adjacent to an activating group) is 1. The van der Waals surface area contributed by atoms with E-state index in [2.05, 4.69) is 31.0 Å². The van der Waals surface area contributed by atoms with Gasteiger partial charge in [-0.15, -0.1) is 0 Å². The Bertz CT molecular complexity index is 896. The molecule has 1 spiro atoms. The first kappa shape index (κ1) is 21.4. The lowest BCUT2D eigenvalue weighted by Gasteiger charge is -2.62. The maximum atomic E-state index is 11.6. The molecule has 1 aromatic rings. The van der Waals surface area contributed by atoms with Crippen molar-refractivity contribution < 1.29 is 27.9 Å². The van der Waals surface area contributed by atoms with Gasteiger partial charge in [0.2, 0.25) is 5.22 Å². The fraction of sp³-hybridized carbons (Fsp3) is 0.652. The van der Waals surface area contributed by atoms with Crippen LogP contribution in [0, 0.1) is 5.92 Å². The third-order valence-electron chi connectivity index (χ3n) is 8.06. The van der Waals surface area contributed by atoms with Crippen LogP contribution in [0.2, 0.25) is 0 Å². The first-order valence-corrected chi connectivity index (χ1v) is 12.9. The van der Waals surface area contributed by atoms with E-state index in [1.54, 1.807) is 21.3 Å². The van der Waals surface area contributed by atoms with Crippen molar-refractivity contribution in [1.82, 2.24) is 4.90 Å². The second-order valence-corrected chi connectivity index (χ2v) is 12.2. The van der Waals surface area contributed by atoms with Crippen LogP contribution in [0.3, 0.4) is 0 Å². The Hall–Kier alpha value is -1.42. The molecule has 0 aromatic heterocycles. The second-order valence-electron chi connectivity index (χ2n) is 9.11. The van der Waals surface area contributed by atoms with E-state index >= 15 is 0 Å². The molecule has 0 amide bonds. The van der Waals surface area contributed by atoms with Crippen molar-refractivity contribution in [2.24, 2.45) is 5.92 Å². The average molecular weight is 448 g/mol. The van der Waals surface area contributed by atoms with E-state index in [1.165, 1.54) is 5.56 Å². The number of ether oxygens (including phenoxy) is 2. The Morgan fingerprint density at radius 2 is 1.94 bits per heavy atom. The summed E-state index contributed by atoms with van der Waals surface area (Å²) in [6.07, 6.45) is 5.76. The van der Waals surface area contributed by atoms with Gasteiger partial charge in [0.15, 0.2) is 11.5 Å². The SMILES string of the molecule is CCCOc1ccc2c3c1O[C@@]1([Si](OC)(OC)OC)[C@@H](O)C=C[C@H]4[C@@H](C2)N(C)CC[C@@]341. The highest BCUT2D eigenvalue weighted by atomic mass is 28.4. The van der Waals surface area contributed by atoms with Gasteiger partial charge in [-0.3, -0.25) is 0 Å². The zero-order valence-corrected chi connectivity index (χ0v) is 20.0. The molecule has 8 heteroatoms. The summed E-state index contributed by atoms with van der Waals surface area (Å²) in [7, 11) is 3.46. The summed E-state index contributed by atoms with van der Waals surface area (Å²) in [5.41, 5.74) is 1.89. The number of piperidine rings is 1. The maximum absolute atomic E-state index is 11.6. The number of hydrogen-bond acceptors (Lipinski definition) is 7. The largest absolute Gasteiger partial charge is 0.550 e. The monoisotopic (exact) mass is 447 g/mol. The van der Waals surface area contributed by atoms with Crippen LogP contribution in [-0.2, 0) is 25.1 Å². The number of nitrogens with zero attached hydrogens (tertiary/aromatic N) is 1. The summed E-state index contributed by atoms with van der Waals surface area (Å²) in [5.74, 6) is 1.60. The van der Waals surface area contributed by atoms with E-state index in [0.717, 1.165) is 42.9 Å². The van der Waals surface area contributed by atoms with Crippen molar-refractivity contribution in [2.45, 2.75) is 49.0 Å². The van der Waals surface area contributed by atoms with Crippen molar-refractivity contribution in [3.8, 4) is 11.5 Å². The van der Waals surface area contributed by atoms with Gasteiger partial charge in [-0.25, -0.2) is 0 Å². The van der Waals surface area contributed by atoms with Crippen molar-refractivity contribution in [3.05, 3.63) is 35.4 Å². The van der Waals surface area contributed by atoms with Crippen LogP contribution in [-0.4, -0.2) is 77.7 Å². The molecule has 0 saturated carbocycles. The van der Waals surface area contributed by atoms with Crippen molar-refractivity contribution in [1.29, 1.82) is 0 Å². The Balaban J connectivity index is 1.84. The predicted molar refractivity (Wildman–Crippen MR) is 117 cm³/mol. The Labute approximate surface area is 185 Å². The quantitative estimate of drug-likeness (QED) is 0.507. The van der Waals surface area contributed by atoms with Crippen LogP contribution >= 0.6 is 0 Å². The highest BCUT2D eigenvalue weighted by Gasteiger charge is 2.83. The third kappa shape index (κ3) is 2.36. The maximum Gasteiger partial charge on any atom is 0.550 e. The minimum Gasteiger partial charge on any atom is -0.490 e. The van der Waals surface area contributed by atoms with Crippen molar-refractivity contribution in [2.75, 3.05) is 41.5 Å². The summed E-state index contributed by atoms with van der Waals surface area (Å²) >= 11 is 0. The molecule has 7 nitrogen and oxygen atoms in total. The number of rotatable bonds is 7. The molecular formula is C23H33NO6Si. The number of likely N-dealkylation sites (tertiary alicyclic amines) is 1. The number of hydrogen-bond donors (Lipinski definition) is 1. The minimum atomic E-state index is -3.52. The topological polar surface area (TPSA) is 69.6 Å². The zero-order valence-electron chi connectivity index (χ0n) is 19.0. The van der Waals surface area contributed by atoms with Crippen molar-refractivity contribution >= 4 is 8.80 Å². The molecule has 1 fully saturated rings. The van der Waals surface area contributed by atoms with E-state index in [-0.39, 0.29) is 5.92 Å². The molecule has 170 valence electrons.